The number of rotatable bonds is 4. The summed E-state index contributed by atoms with van der Waals surface area (Å²) in [5, 5.41) is 11.0. The van der Waals surface area contributed by atoms with Crippen LogP contribution in [0.15, 0.2) is 18.2 Å². The Morgan fingerprint density at radius 1 is 1.57 bits per heavy atom. The summed E-state index contributed by atoms with van der Waals surface area (Å²) in [4.78, 5) is 10.0. The second-order valence-corrected chi connectivity index (χ2v) is 3.32. The Balaban J connectivity index is 2.97. The normalized spacial score (nSPS) is 9.86. The molecule has 0 aliphatic rings. The molecule has 0 N–H and O–H groups in total. The number of nitro benzene ring substituents is 1. The van der Waals surface area contributed by atoms with E-state index in [0.29, 0.717) is 17.4 Å². The highest BCUT2D eigenvalue weighted by molar-refractivity contribution is 7.80. The maximum atomic E-state index is 10.6. The highest BCUT2D eigenvalue weighted by Gasteiger charge is 2.14. The molecule has 0 heterocycles. The van der Waals surface area contributed by atoms with Crippen molar-refractivity contribution in [2.24, 2.45) is 0 Å². The summed E-state index contributed by atoms with van der Waals surface area (Å²) in [6.45, 7) is 0.310. The third-order valence-corrected chi connectivity index (χ3v) is 1.89. The lowest BCUT2D eigenvalue weighted by Gasteiger charge is -2.04. The first-order chi connectivity index (χ1) is 6.65. The fraction of sp³-hybridized carbons (Fsp3) is 0.250. The summed E-state index contributed by atoms with van der Waals surface area (Å²) >= 11 is 9.61. The van der Waals surface area contributed by atoms with Gasteiger partial charge >= 0.3 is 5.69 Å². The molecule has 1 aromatic carbocycles. The number of ether oxygens (including phenoxy) is 1. The molecule has 14 heavy (non-hydrogen) atoms. The molecule has 76 valence electrons. The highest BCUT2D eigenvalue weighted by atomic mass is 35.5. The van der Waals surface area contributed by atoms with Crippen molar-refractivity contribution in [3.8, 4) is 5.75 Å². The van der Waals surface area contributed by atoms with Crippen LogP contribution in [0.25, 0.3) is 0 Å². The van der Waals surface area contributed by atoms with Crippen molar-refractivity contribution in [3.05, 3.63) is 33.3 Å². The van der Waals surface area contributed by atoms with E-state index in [4.69, 9.17) is 16.3 Å². The second kappa shape index (κ2) is 5.07. The molecule has 1 rings (SSSR count). The van der Waals surface area contributed by atoms with Crippen LogP contribution < -0.4 is 4.74 Å². The second-order valence-electron chi connectivity index (χ2n) is 2.44. The van der Waals surface area contributed by atoms with Gasteiger partial charge in [-0.25, -0.2) is 0 Å². The lowest BCUT2D eigenvalue weighted by atomic mass is 10.3. The van der Waals surface area contributed by atoms with Crippen molar-refractivity contribution in [3.63, 3.8) is 0 Å². The van der Waals surface area contributed by atoms with E-state index < -0.39 is 4.92 Å². The Bertz CT molecular complexity index is 345. The zero-order valence-electron chi connectivity index (χ0n) is 7.14. The van der Waals surface area contributed by atoms with Crippen molar-refractivity contribution in [2.75, 3.05) is 12.4 Å². The summed E-state index contributed by atoms with van der Waals surface area (Å²) in [6.07, 6.45) is 0. The maximum Gasteiger partial charge on any atom is 0.311 e. The van der Waals surface area contributed by atoms with Gasteiger partial charge in [-0.3, -0.25) is 10.1 Å². The quantitative estimate of drug-likeness (QED) is 0.494. The minimum atomic E-state index is -0.510. The Hall–Kier alpha value is -0.940. The minimum absolute atomic E-state index is 0.0869. The van der Waals surface area contributed by atoms with Crippen LogP contribution in [0.1, 0.15) is 0 Å². The maximum absolute atomic E-state index is 10.6. The van der Waals surface area contributed by atoms with Gasteiger partial charge in [0, 0.05) is 22.9 Å². The van der Waals surface area contributed by atoms with E-state index >= 15 is 0 Å². The first kappa shape index (κ1) is 11.1. The van der Waals surface area contributed by atoms with Crippen molar-refractivity contribution < 1.29 is 9.66 Å². The third-order valence-electron chi connectivity index (χ3n) is 1.47. The van der Waals surface area contributed by atoms with Crippen molar-refractivity contribution in [1.82, 2.24) is 0 Å². The van der Waals surface area contributed by atoms with Gasteiger partial charge in [-0.15, -0.1) is 0 Å². The Labute approximate surface area is 91.4 Å². The molecule has 0 spiro atoms. The monoisotopic (exact) mass is 233 g/mol. The molecule has 0 aliphatic carbocycles. The third kappa shape index (κ3) is 2.78. The van der Waals surface area contributed by atoms with Crippen molar-refractivity contribution in [2.45, 2.75) is 0 Å². The molecule has 0 fully saturated rings. The number of benzene rings is 1. The van der Waals surface area contributed by atoms with Crippen molar-refractivity contribution >= 4 is 29.9 Å². The average Bonchev–Trinajstić information content (AvgIpc) is 2.14. The van der Waals surface area contributed by atoms with E-state index in [9.17, 15) is 10.1 Å². The number of hydrogen-bond acceptors (Lipinski definition) is 4. The smallest absolute Gasteiger partial charge is 0.311 e. The molecule has 0 saturated carbocycles. The van der Waals surface area contributed by atoms with Gasteiger partial charge in [-0.05, 0) is 6.07 Å². The van der Waals surface area contributed by atoms with E-state index in [0.717, 1.165) is 0 Å². The predicted molar refractivity (Wildman–Crippen MR) is 57.5 cm³/mol. The predicted octanol–water partition coefficient (Wildman–Crippen LogP) is 2.56. The van der Waals surface area contributed by atoms with Crippen LogP contribution in [0.2, 0.25) is 5.02 Å². The zero-order chi connectivity index (χ0) is 10.6. The first-order valence-electron chi connectivity index (χ1n) is 3.82. The Morgan fingerprint density at radius 2 is 2.29 bits per heavy atom. The SMILES string of the molecule is O=[N+]([O-])c1ccc(Cl)cc1OCCS. The van der Waals surface area contributed by atoms with E-state index in [1.165, 1.54) is 18.2 Å². The van der Waals surface area contributed by atoms with Gasteiger partial charge in [0.2, 0.25) is 0 Å². The highest BCUT2D eigenvalue weighted by Crippen LogP contribution is 2.29. The Morgan fingerprint density at radius 3 is 2.86 bits per heavy atom. The number of halogens is 1. The average molecular weight is 234 g/mol. The molecule has 4 nitrogen and oxygen atoms in total. The summed E-state index contributed by atoms with van der Waals surface area (Å²) in [7, 11) is 0. The number of nitrogens with zero attached hydrogens (tertiary/aromatic N) is 1. The van der Waals surface area contributed by atoms with Crippen LogP contribution in [0.5, 0.6) is 5.75 Å². The Kier molecular flexibility index (Phi) is 4.03. The summed E-state index contributed by atoms with van der Waals surface area (Å²) in [5.74, 6) is 0.667. The van der Waals surface area contributed by atoms with E-state index in [2.05, 4.69) is 12.6 Å². The number of thiol groups is 1. The lowest BCUT2D eigenvalue weighted by molar-refractivity contribution is -0.385. The lowest BCUT2D eigenvalue weighted by Crippen LogP contribution is -2.01. The summed E-state index contributed by atoms with van der Waals surface area (Å²) in [5.41, 5.74) is -0.0869. The molecule has 0 aliphatic heterocycles. The van der Waals surface area contributed by atoms with E-state index in [1.807, 2.05) is 0 Å². The van der Waals surface area contributed by atoms with Gasteiger partial charge in [0.05, 0.1) is 11.5 Å². The van der Waals surface area contributed by atoms with Crippen LogP contribution in [-0.4, -0.2) is 17.3 Å². The largest absolute Gasteiger partial charge is 0.486 e. The topological polar surface area (TPSA) is 52.4 Å². The molecule has 0 unspecified atom stereocenters. The first-order valence-corrected chi connectivity index (χ1v) is 4.84. The van der Waals surface area contributed by atoms with Gasteiger partial charge in [-0.2, -0.15) is 12.6 Å². The molecule has 0 aromatic heterocycles. The summed E-state index contributed by atoms with van der Waals surface area (Å²) < 4.78 is 5.13. The molecular formula is C8H8ClNO3S. The van der Waals surface area contributed by atoms with E-state index in [-0.39, 0.29) is 11.4 Å². The minimum Gasteiger partial charge on any atom is -0.486 e. The zero-order valence-corrected chi connectivity index (χ0v) is 8.79. The van der Waals surface area contributed by atoms with Gasteiger partial charge < -0.3 is 4.74 Å². The van der Waals surface area contributed by atoms with Crippen LogP contribution in [-0.2, 0) is 0 Å². The summed E-state index contributed by atoms with van der Waals surface area (Å²) in [6, 6.07) is 4.19. The van der Waals surface area contributed by atoms with Crippen LogP contribution in [0.4, 0.5) is 5.69 Å². The van der Waals surface area contributed by atoms with Gasteiger partial charge in [0.1, 0.15) is 0 Å². The number of hydrogen-bond donors (Lipinski definition) is 1. The van der Waals surface area contributed by atoms with Crippen molar-refractivity contribution in [1.29, 1.82) is 0 Å². The molecule has 0 radical (unpaired) electrons. The van der Waals surface area contributed by atoms with E-state index in [1.54, 1.807) is 0 Å². The van der Waals surface area contributed by atoms with Crippen LogP contribution >= 0.6 is 24.2 Å². The number of nitro groups is 1. The molecule has 6 heteroatoms. The molecular weight excluding hydrogens is 226 g/mol. The van der Waals surface area contributed by atoms with Gasteiger partial charge in [-0.1, -0.05) is 11.6 Å². The molecule has 1 aromatic rings. The standard InChI is InChI=1S/C8H8ClNO3S/c9-6-1-2-7(10(11)12)8(5-6)13-3-4-14/h1-2,5,14H,3-4H2. The van der Waals surface area contributed by atoms with Crippen LogP contribution in [0, 0.1) is 10.1 Å². The van der Waals surface area contributed by atoms with Gasteiger partial charge in [0.25, 0.3) is 0 Å². The molecule has 0 bridgehead atoms. The molecule has 0 atom stereocenters. The van der Waals surface area contributed by atoms with Gasteiger partial charge in [0.15, 0.2) is 5.75 Å². The fourth-order valence-corrected chi connectivity index (χ4v) is 1.16. The molecule has 0 saturated heterocycles. The van der Waals surface area contributed by atoms with Crippen LogP contribution in [0.3, 0.4) is 0 Å². The fourth-order valence-electron chi connectivity index (χ4n) is 0.910. The molecule has 0 amide bonds.